The normalized spacial score (nSPS) is 9.70. The zero-order valence-corrected chi connectivity index (χ0v) is 6.12. The monoisotopic (exact) mass is 137 g/mol. The highest BCUT2D eigenvalue weighted by atomic mass is 15.0. The minimum absolute atomic E-state index is 0.900. The number of aryl methyl sites for hydroxylation is 1. The van der Waals surface area contributed by atoms with Crippen molar-refractivity contribution in [3.63, 3.8) is 0 Å². The topological polar surface area (TPSA) is 38.7 Å². The summed E-state index contributed by atoms with van der Waals surface area (Å²) in [5, 5.41) is 0. The van der Waals surface area contributed by atoms with Gasteiger partial charge in [0.05, 0.1) is 0 Å². The average molecular weight is 137 g/mol. The summed E-state index contributed by atoms with van der Waals surface area (Å²) in [5.41, 5.74) is 0. The van der Waals surface area contributed by atoms with Gasteiger partial charge in [-0.05, 0) is 6.42 Å². The smallest absolute Gasteiger partial charge is 0.131 e. The lowest BCUT2D eigenvalue weighted by atomic mass is 10.2. The second-order valence-electron chi connectivity index (χ2n) is 2.16. The van der Waals surface area contributed by atoms with Gasteiger partial charge in [0.2, 0.25) is 0 Å². The summed E-state index contributed by atoms with van der Waals surface area (Å²) in [6.45, 7) is 2.15. The fraction of sp³-hybridized carbons (Fsp3) is 0.571. The van der Waals surface area contributed by atoms with Crippen LogP contribution in [0.25, 0.3) is 0 Å². The van der Waals surface area contributed by atoms with Crippen molar-refractivity contribution in [2.75, 3.05) is 0 Å². The molecule has 1 heterocycles. The average Bonchev–Trinajstić information content (AvgIpc) is 2.03. The van der Waals surface area contributed by atoms with E-state index in [4.69, 9.17) is 0 Å². The first kappa shape index (κ1) is 7.12. The first-order valence-electron chi connectivity index (χ1n) is 3.54. The van der Waals surface area contributed by atoms with Gasteiger partial charge < -0.3 is 0 Å². The third kappa shape index (κ3) is 2.09. The van der Waals surface area contributed by atoms with Crippen molar-refractivity contribution >= 4 is 0 Å². The summed E-state index contributed by atoms with van der Waals surface area (Å²) in [7, 11) is 0. The van der Waals surface area contributed by atoms with Crippen LogP contribution in [0.2, 0.25) is 0 Å². The van der Waals surface area contributed by atoms with Gasteiger partial charge in [0.25, 0.3) is 0 Å². The Hall–Kier alpha value is -0.990. The molecule has 1 rings (SSSR count). The van der Waals surface area contributed by atoms with Crippen LogP contribution >= 0.6 is 0 Å². The molecule has 0 atom stereocenters. The predicted octanol–water partition coefficient (Wildman–Crippen LogP) is 1.21. The second-order valence-corrected chi connectivity index (χ2v) is 2.16. The summed E-state index contributed by atoms with van der Waals surface area (Å²) in [5.74, 6) is 0.900. The van der Waals surface area contributed by atoms with Crippen LogP contribution in [0.5, 0.6) is 0 Å². The Morgan fingerprint density at radius 2 is 2.00 bits per heavy atom. The zero-order valence-electron chi connectivity index (χ0n) is 6.12. The van der Waals surface area contributed by atoms with Gasteiger partial charge in [-0.1, -0.05) is 13.3 Å². The summed E-state index contributed by atoms with van der Waals surface area (Å²) >= 11 is 0. The van der Waals surface area contributed by atoms with E-state index in [0.29, 0.717) is 0 Å². The third-order valence-electron chi connectivity index (χ3n) is 1.30. The largest absolute Gasteiger partial charge is 0.225 e. The fourth-order valence-electron chi connectivity index (χ4n) is 0.727. The van der Waals surface area contributed by atoms with Crippen molar-refractivity contribution < 1.29 is 0 Å². The maximum Gasteiger partial charge on any atom is 0.131 e. The molecule has 0 amide bonds. The van der Waals surface area contributed by atoms with Gasteiger partial charge in [0.15, 0.2) is 0 Å². The van der Waals surface area contributed by atoms with Crippen molar-refractivity contribution in [2.24, 2.45) is 0 Å². The molecule has 0 aliphatic heterocycles. The van der Waals surface area contributed by atoms with Crippen LogP contribution in [0.1, 0.15) is 25.6 Å². The summed E-state index contributed by atoms with van der Waals surface area (Å²) in [6.07, 6.45) is 6.39. The zero-order chi connectivity index (χ0) is 7.23. The maximum atomic E-state index is 3.99. The molecule has 0 spiro atoms. The minimum atomic E-state index is 0.900. The molecule has 0 aromatic carbocycles. The second kappa shape index (κ2) is 3.93. The van der Waals surface area contributed by atoms with Crippen molar-refractivity contribution in [3.8, 4) is 0 Å². The Bertz CT molecular complexity index is 173. The minimum Gasteiger partial charge on any atom is -0.225 e. The molecule has 0 fully saturated rings. The van der Waals surface area contributed by atoms with Crippen LogP contribution < -0.4 is 0 Å². The lowest BCUT2D eigenvalue weighted by molar-refractivity contribution is 0.744. The van der Waals surface area contributed by atoms with Gasteiger partial charge in [-0.3, -0.25) is 0 Å². The maximum absolute atomic E-state index is 3.99. The quantitative estimate of drug-likeness (QED) is 0.628. The Labute approximate surface area is 60.6 Å². The molecule has 1 aromatic rings. The Balaban J connectivity index is 2.43. The first-order valence-corrected chi connectivity index (χ1v) is 3.54. The van der Waals surface area contributed by atoms with Crippen LogP contribution in [-0.4, -0.2) is 15.0 Å². The molecule has 1 aromatic heterocycles. The number of hydrogen-bond acceptors (Lipinski definition) is 3. The Kier molecular flexibility index (Phi) is 2.80. The fourth-order valence-corrected chi connectivity index (χ4v) is 0.727. The summed E-state index contributed by atoms with van der Waals surface area (Å²) < 4.78 is 0. The van der Waals surface area contributed by atoms with E-state index in [9.17, 15) is 0 Å². The Morgan fingerprint density at radius 1 is 1.30 bits per heavy atom. The molecule has 3 heteroatoms. The molecule has 0 saturated carbocycles. The van der Waals surface area contributed by atoms with E-state index in [1.54, 1.807) is 0 Å². The van der Waals surface area contributed by atoms with Crippen LogP contribution in [0.4, 0.5) is 0 Å². The van der Waals surface area contributed by atoms with Crippen molar-refractivity contribution in [1.29, 1.82) is 0 Å². The number of rotatable bonds is 3. The van der Waals surface area contributed by atoms with Gasteiger partial charge in [-0.2, -0.15) is 0 Å². The van der Waals surface area contributed by atoms with E-state index in [-0.39, 0.29) is 0 Å². The molecule has 10 heavy (non-hydrogen) atoms. The van der Waals surface area contributed by atoms with Crippen molar-refractivity contribution in [2.45, 2.75) is 26.2 Å². The number of nitrogens with zero attached hydrogens (tertiary/aromatic N) is 3. The Morgan fingerprint density at radius 3 is 2.60 bits per heavy atom. The molecule has 0 N–H and O–H groups in total. The predicted molar refractivity (Wildman–Crippen MR) is 38.4 cm³/mol. The highest BCUT2D eigenvalue weighted by Gasteiger charge is 1.91. The van der Waals surface area contributed by atoms with Gasteiger partial charge in [-0.15, -0.1) is 0 Å². The molecule has 0 bridgehead atoms. The summed E-state index contributed by atoms with van der Waals surface area (Å²) in [6, 6.07) is 0. The van der Waals surface area contributed by atoms with E-state index >= 15 is 0 Å². The van der Waals surface area contributed by atoms with Gasteiger partial charge in [0, 0.05) is 6.42 Å². The van der Waals surface area contributed by atoms with E-state index in [1.165, 1.54) is 19.1 Å². The molecule has 54 valence electrons. The SMILES string of the molecule is CCCCc1ncncn1. The molecular formula is C7H11N3. The lowest BCUT2D eigenvalue weighted by Crippen LogP contribution is -1.93. The molecule has 3 nitrogen and oxygen atoms in total. The lowest BCUT2D eigenvalue weighted by Gasteiger charge is -1.93. The van der Waals surface area contributed by atoms with Crippen molar-refractivity contribution in [3.05, 3.63) is 18.5 Å². The van der Waals surface area contributed by atoms with Gasteiger partial charge in [0.1, 0.15) is 18.5 Å². The van der Waals surface area contributed by atoms with E-state index < -0.39 is 0 Å². The summed E-state index contributed by atoms with van der Waals surface area (Å²) in [4.78, 5) is 11.7. The number of aromatic nitrogens is 3. The highest BCUT2D eigenvalue weighted by molar-refractivity contribution is 4.80. The van der Waals surface area contributed by atoms with Gasteiger partial charge in [-0.25, -0.2) is 15.0 Å². The van der Waals surface area contributed by atoms with Crippen molar-refractivity contribution in [1.82, 2.24) is 15.0 Å². The van der Waals surface area contributed by atoms with Gasteiger partial charge >= 0.3 is 0 Å². The molecule has 0 aliphatic rings. The van der Waals surface area contributed by atoms with Crippen LogP contribution in [-0.2, 0) is 6.42 Å². The molecule has 0 aliphatic carbocycles. The van der Waals surface area contributed by atoms with E-state index in [1.807, 2.05) is 0 Å². The first-order chi connectivity index (χ1) is 4.93. The van der Waals surface area contributed by atoms with Crippen LogP contribution in [0, 0.1) is 0 Å². The van der Waals surface area contributed by atoms with E-state index in [2.05, 4.69) is 21.9 Å². The van der Waals surface area contributed by atoms with Crippen LogP contribution in [0.3, 0.4) is 0 Å². The molecule has 0 unspecified atom stereocenters. The van der Waals surface area contributed by atoms with Crippen LogP contribution in [0.15, 0.2) is 12.7 Å². The molecular weight excluding hydrogens is 126 g/mol. The number of unbranched alkanes of at least 4 members (excludes halogenated alkanes) is 1. The standard InChI is InChI=1S/C7H11N3/c1-2-3-4-7-9-5-8-6-10-7/h5-6H,2-4H2,1H3. The van der Waals surface area contributed by atoms with E-state index in [0.717, 1.165) is 18.7 Å². The highest BCUT2D eigenvalue weighted by Crippen LogP contribution is 1.94. The molecule has 0 saturated heterocycles. The number of hydrogen-bond donors (Lipinski definition) is 0. The third-order valence-corrected chi connectivity index (χ3v) is 1.30. The molecule has 0 radical (unpaired) electrons.